The van der Waals surface area contributed by atoms with Crippen molar-refractivity contribution < 1.29 is 57.4 Å². The number of hydrogen-bond donors (Lipinski definition) is 4. The van der Waals surface area contributed by atoms with Crippen LogP contribution in [-0.2, 0) is 57.4 Å². The molecule has 4 aliphatic heterocycles. The van der Waals surface area contributed by atoms with Gasteiger partial charge in [0.2, 0.25) is 23.6 Å². The molecule has 4 rings (SSSR count). The summed E-state index contributed by atoms with van der Waals surface area (Å²) >= 11 is 2.83. The number of thioether (sulfide) groups is 2. The molecule has 20 heteroatoms. The van der Waals surface area contributed by atoms with Crippen LogP contribution in [0.25, 0.3) is 0 Å². The fraction of sp³-hybridized carbons (Fsp3) is 0.731. The van der Waals surface area contributed by atoms with Crippen molar-refractivity contribution in [2.45, 2.75) is 167 Å². The predicted octanol–water partition coefficient (Wildman–Crippen LogP) is 6.03. The van der Waals surface area contributed by atoms with Crippen LogP contribution in [-0.4, -0.2) is 129 Å². The quantitative estimate of drug-likeness (QED) is 0.0713. The molecule has 4 aliphatic rings. The van der Waals surface area contributed by atoms with E-state index in [1.165, 1.54) is 23.5 Å². The SMILES string of the molecule is CC(C)C1CC(=O)C[C@H](/C=C/CCSSCC/C=C/[C@H]2CC(=O)C[C@H](C(C)C)C(=O)N[C@H]3CSC(C)C(CC3=O)C(=O)N[C@@H](C(C)C)C(=O)O2)OC(=O)[C@H](C(C)C)NC(=O)C2CC(=O)[C@H](CSC2C)NC1=O. The summed E-state index contributed by atoms with van der Waals surface area (Å²) in [6, 6.07) is -3.63. The number of nitrogens with one attached hydrogen (secondary N) is 4. The van der Waals surface area contributed by atoms with Gasteiger partial charge in [-0.15, -0.1) is 0 Å². The highest BCUT2D eigenvalue weighted by molar-refractivity contribution is 8.76. The molecule has 4 N–H and O–H groups in total. The Kier molecular flexibility index (Phi) is 24.9. The third-order valence-electron chi connectivity index (χ3n) is 13.6. The molecule has 402 valence electrons. The second kappa shape index (κ2) is 29.5. The second-order valence-corrected chi connectivity index (χ2v) is 26.4. The van der Waals surface area contributed by atoms with Crippen LogP contribution >= 0.6 is 45.1 Å². The average molecular weight is 1080 g/mol. The third-order valence-corrected chi connectivity index (χ3v) is 18.9. The number of cyclic esters (lactones) is 2. The first-order chi connectivity index (χ1) is 34.0. The summed E-state index contributed by atoms with van der Waals surface area (Å²) in [6.07, 6.45) is 5.56. The molecule has 0 radical (unpaired) electrons. The van der Waals surface area contributed by atoms with E-state index in [4.69, 9.17) is 9.47 Å². The number of amides is 4. The predicted molar refractivity (Wildman–Crippen MR) is 285 cm³/mol. The van der Waals surface area contributed by atoms with Crippen LogP contribution in [0.2, 0.25) is 0 Å². The van der Waals surface area contributed by atoms with Gasteiger partial charge in [-0.2, -0.15) is 23.5 Å². The highest BCUT2D eigenvalue weighted by Crippen LogP contribution is 2.32. The Balaban J connectivity index is 1.40. The lowest BCUT2D eigenvalue weighted by atomic mass is 9.88. The van der Waals surface area contributed by atoms with Gasteiger partial charge >= 0.3 is 11.9 Å². The second-order valence-electron chi connectivity index (χ2n) is 20.8. The number of ether oxygens (including phenoxy) is 2. The number of allylic oxidation sites excluding steroid dienone is 2. The fourth-order valence-corrected chi connectivity index (χ4v) is 13.3. The Labute approximate surface area is 442 Å². The van der Waals surface area contributed by atoms with Gasteiger partial charge in [0.1, 0.15) is 35.9 Å². The van der Waals surface area contributed by atoms with Crippen molar-refractivity contribution >= 4 is 104 Å². The van der Waals surface area contributed by atoms with Crippen LogP contribution in [0.15, 0.2) is 24.3 Å². The van der Waals surface area contributed by atoms with Gasteiger partial charge in [0.25, 0.3) is 0 Å². The van der Waals surface area contributed by atoms with Gasteiger partial charge in [0.15, 0.2) is 11.6 Å². The first-order valence-electron chi connectivity index (χ1n) is 25.5. The van der Waals surface area contributed by atoms with E-state index in [0.29, 0.717) is 35.9 Å². The Morgan fingerprint density at radius 1 is 0.500 bits per heavy atom. The van der Waals surface area contributed by atoms with Crippen molar-refractivity contribution in [2.75, 3.05) is 23.0 Å². The van der Waals surface area contributed by atoms with Crippen LogP contribution < -0.4 is 21.3 Å². The maximum Gasteiger partial charge on any atom is 0.329 e. The fourth-order valence-electron chi connectivity index (χ4n) is 8.85. The topological polar surface area (TPSA) is 237 Å². The molecule has 0 saturated carbocycles. The highest BCUT2D eigenvalue weighted by atomic mass is 33.1. The maximum absolute atomic E-state index is 13.7. The average Bonchev–Trinajstić information content (AvgIpc) is 3.53. The summed E-state index contributed by atoms with van der Waals surface area (Å²) < 4.78 is 11.8. The molecule has 4 bridgehead atoms. The summed E-state index contributed by atoms with van der Waals surface area (Å²) in [6.45, 7) is 18.2. The first kappa shape index (κ1) is 60.9. The number of rotatable bonds is 13. The van der Waals surface area contributed by atoms with E-state index in [-0.39, 0.29) is 95.8 Å². The monoisotopic (exact) mass is 1080 g/mol. The Morgan fingerprint density at radius 3 is 1.19 bits per heavy atom. The molecule has 12 atom stereocenters. The molecule has 0 spiro atoms. The summed E-state index contributed by atoms with van der Waals surface area (Å²) in [4.78, 5) is 136. The first-order valence-corrected chi connectivity index (χ1v) is 30.1. The summed E-state index contributed by atoms with van der Waals surface area (Å²) in [7, 11) is 3.21. The van der Waals surface area contributed by atoms with E-state index in [1.807, 2.05) is 53.7 Å². The molecule has 4 saturated heterocycles. The lowest BCUT2D eigenvalue weighted by molar-refractivity contribution is -0.154. The zero-order valence-electron chi connectivity index (χ0n) is 43.6. The molecule has 72 heavy (non-hydrogen) atoms. The standard InChI is InChI=1S/C52H78N4O12S4/c1-27(2)37-21-33(57)19-35(67-51(65)45(29(5)6)55-49(63)39-23-43(59)41(53-47(37)61)25-69-31(39)9)15-11-13-17-71-72-18-14-12-16-36-20-34(58)22-38(28(3)4)48(62)54-42-26-70-32(10)40(24-44(42)60)50(64)56-46(30(7)8)52(66)68-36/h11-12,15-16,27-32,35-42,45-46H,13-14,17-26H2,1-10H3,(H,53,61)(H,54,62)(H,55,63)(H,56,64)/b15-11+,16-12+/t31?,32?,35-,36-,37+,38?,39?,40?,41-,42-,45-,46-/m0/s1. The minimum absolute atomic E-state index is 0.0927. The highest BCUT2D eigenvalue weighted by Gasteiger charge is 2.42. The van der Waals surface area contributed by atoms with Crippen molar-refractivity contribution in [1.29, 1.82) is 0 Å². The van der Waals surface area contributed by atoms with E-state index >= 15 is 0 Å². The summed E-state index contributed by atoms with van der Waals surface area (Å²) in [5.74, 6) is -6.20. The van der Waals surface area contributed by atoms with Crippen LogP contribution in [0.5, 0.6) is 0 Å². The number of Topliss-reactive ketones (excluding diaryl/α,β-unsaturated/α-hetero) is 4. The molecule has 4 amide bonds. The molecule has 4 fully saturated rings. The third kappa shape index (κ3) is 18.6. The van der Waals surface area contributed by atoms with Crippen molar-refractivity contribution in [2.24, 2.45) is 47.3 Å². The van der Waals surface area contributed by atoms with Gasteiger partial charge in [-0.3, -0.25) is 38.4 Å². The molecular weight excluding hydrogens is 1000 g/mol. The van der Waals surface area contributed by atoms with Crippen LogP contribution in [0, 0.1) is 47.3 Å². The number of fused-ring (bicyclic) bond motifs is 6. The van der Waals surface area contributed by atoms with Crippen LogP contribution in [0.4, 0.5) is 0 Å². The van der Waals surface area contributed by atoms with Crippen molar-refractivity contribution in [1.82, 2.24) is 21.3 Å². The summed E-state index contributed by atoms with van der Waals surface area (Å²) in [5.41, 5.74) is 0. The van der Waals surface area contributed by atoms with E-state index in [1.54, 1.807) is 61.4 Å². The van der Waals surface area contributed by atoms with E-state index in [2.05, 4.69) is 21.3 Å². The Morgan fingerprint density at radius 2 is 0.861 bits per heavy atom. The molecule has 0 aromatic carbocycles. The van der Waals surface area contributed by atoms with E-state index < -0.39 is 95.6 Å². The number of esters is 2. The summed E-state index contributed by atoms with van der Waals surface area (Å²) in [5, 5.41) is 10.9. The zero-order valence-corrected chi connectivity index (χ0v) is 46.8. The minimum atomic E-state index is -1.02. The molecule has 0 aromatic heterocycles. The van der Waals surface area contributed by atoms with Crippen LogP contribution in [0.3, 0.4) is 0 Å². The van der Waals surface area contributed by atoms with E-state index in [0.717, 1.165) is 0 Å². The van der Waals surface area contributed by atoms with Gasteiger partial charge in [-0.1, -0.05) is 103 Å². The number of ketones is 4. The smallest absolute Gasteiger partial charge is 0.329 e. The lowest BCUT2D eigenvalue weighted by Gasteiger charge is -2.27. The van der Waals surface area contributed by atoms with E-state index in [9.17, 15) is 47.9 Å². The Bertz CT molecular complexity index is 1890. The van der Waals surface area contributed by atoms with Crippen LogP contribution in [0.1, 0.15) is 121 Å². The molecule has 5 unspecified atom stereocenters. The van der Waals surface area contributed by atoms with Gasteiger partial charge in [-0.05, 0) is 48.7 Å². The Hall–Kier alpha value is -3.62. The number of carbonyl (C=O) groups is 10. The normalized spacial score (nSPS) is 31.8. The molecule has 16 nitrogen and oxygen atoms in total. The largest absolute Gasteiger partial charge is 0.456 e. The molecule has 0 aromatic rings. The van der Waals surface area contributed by atoms with Gasteiger partial charge < -0.3 is 30.7 Å². The molecular formula is C52H78N4O12S4. The van der Waals surface area contributed by atoms with Crippen molar-refractivity contribution in [3.05, 3.63) is 24.3 Å². The minimum Gasteiger partial charge on any atom is -0.456 e. The lowest BCUT2D eigenvalue weighted by Crippen LogP contribution is -2.50. The molecule has 4 heterocycles. The number of hydrogen-bond acceptors (Lipinski definition) is 16. The maximum atomic E-state index is 13.7. The van der Waals surface area contributed by atoms with Gasteiger partial charge in [0.05, 0.1) is 23.9 Å². The van der Waals surface area contributed by atoms with Crippen molar-refractivity contribution in [3.63, 3.8) is 0 Å². The zero-order chi connectivity index (χ0) is 53.4. The van der Waals surface area contributed by atoms with Gasteiger partial charge in [0, 0.05) is 83.9 Å². The van der Waals surface area contributed by atoms with Crippen molar-refractivity contribution in [3.8, 4) is 0 Å². The van der Waals surface area contributed by atoms with Gasteiger partial charge in [-0.25, -0.2) is 9.59 Å². The number of carbonyl (C=O) groups excluding carboxylic acids is 10. The molecule has 0 aliphatic carbocycles.